The lowest BCUT2D eigenvalue weighted by molar-refractivity contribution is -0.138. The SMILES string of the molecule is COc1ccc(CCOCCC(=O)O)cc1C1(c2ccccc2)CCN(C)CC1. The number of carbonyl (C=O) groups is 1. The van der Waals surface area contributed by atoms with Gasteiger partial charge in [0, 0.05) is 11.0 Å². The maximum absolute atomic E-state index is 10.6. The predicted octanol–water partition coefficient (Wildman–Crippen LogP) is 3.74. The van der Waals surface area contributed by atoms with E-state index in [-0.39, 0.29) is 18.4 Å². The summed E-state index contributed by atoms with van der Waals surface area (Å²) >= 11 is 0. The van der Waals surface area contributed by atoms with E-state index >= 15 is 0 Å². The summed E-state index contributed by atoms with van der Waals surface area (Å²) in [6.07, 6.45) is 2.88. The summed E-state index contributed by atoms with van der Waals surface area (Å²) < 4.78 is 11.3. The Kier molecular flexibility index (Phi) is 7.29. The van der Waals surface area contributed by atoms with Gasteiger partial charge in [0.25, 0.3) is 0 Å². The number of aliphatic carboxylic acids is 1. The molecule has 5 heteroatoms. The molecule has 1 saturated heterocycles. The van der Waals surface area contributed by atoms with Crippen molar-refractivity contribution in [3.63, 3.8) is 0 Å². The van der Waals surface area contributed by atoms with Crippen molar-refractivity contribution in [2.75, 3.05) is 40.5 Å². The molecule has 2 aromatic rings. The van der Waals surface area contributed by atoms with E-state index in [2.05, 4.69) is 60.5 Å². The second-order valence-corrected chi connectivity index (χ2v) is 7.79. The van der Waals surface area contributed by atoms with Crippen LogP contribution < -0.4 is 4.74 Å². The lowest BCUT2D eigenvalue weighted by atomic mass is 9.67. The predicted molar refractivity (Wildman–Crippen MR) is 114 cm³/mol. The first-order chi connectivity index (χ1) is 14.0. The van der Waals surface area contributed by atoms with Gasteiger partial charge in [-0.1, -0.05) is 42.5 Å². The molecule has 2 aromatic carbocycles. The second kappa shape index (κ2) is 9.90. The molecule has 0 unspecified atom stereocenters. The van der Waals surface area contributed by atoms with Crippen LogP contribution in [0.1, 0.15) is 36.0 Å². The molecular formula is C24H31NO4. The van der Waals surface area contributed by atoms with Gasteiger partial charge in [-0.25, -0.2) is 0 Å². The summed E-state index contributed by atoms with van der Waals surface area (Å²) in [6, 6.07) is 17.1. The molecule has 156 valence electrons. The van der Waals surface area contributed by atoms with Gasteiger partial charge in [-0.2, -0.15) is 0 Å². The fourth-order valence-electron chi connectivity index (χ4n) is 4.21. The number of likely N-dealkylation sites (tertiary alicyclic amines) is 1. The van der Waals surface area contributed by atoms with E-state index in [1.807, 2.05) is 0 Å². The van der Waals surface area contributed by atoms with Crippen LogP contribution in [-0.4, -0.2) is 56.4 Å². The van der Waals surface area contributed by atoms with Crippen molar-refractivity contribution in [2.24, 2.45) is 0 Å². The minimum Gasteiger partial charge on any atom is -0.496 e. The third kappa shape index (κ3) is 5.17. The summed E-state index contributed by atoms with van der Waals surface area (Å²) in [5.74, 6) is 0.0951. The summed E-state index contributed by atoms with van der Waals surface area (Å²) in [4.78, 5) is 13.0. The van der Waals surface area contributed by atoms with E-state index in [0.29, 0.717) is 6.61 Å². The zero-order chi connectivity index (χ0) is 20.7. The number of carboxylic acid groups (broad SMARTS) is 1. The molecule has 1 heterocycles. The number of hydrogen-bond acceptors (Lipinski definition) is 4. The Balaban J connectivity index is 1.87. The number of nitrogens with zero attached hydrogens (tertiary/aromatic N) is 1. The van der Waals surface area contributed by atoms with Crippen molar-refractivity contribution >= 4 is 5.97 Å². The van der Waals surface area contributed by atoms with Crippen LogP contribution in [0.15, 0.2) is 48.5 Å². The van der Waals surface area contributed by atoms with E-state index in [1.54, 1.807) is 7.11 Å². The zero-order valence-electron chi connectivity index (χ0n) is 17.4. The summed E-state index contributed by atoms with van der Waals surface area (Å²) in [5.41, 5.74) is 3.69. The quantitative estimate of drug-likeness (QED) is 0.653. The van der Waals surface area contributed by atoms with Gasteiger partial charge in [-0.3, -0.25) is 4.79 Å². The lowest BCUT2D eigenvalue weighted by Crippen LogP contribution is -2.41. The molecule has 0 radical (unpaired) electrons. The number of ether oxygens (including phenoxy) is 2. The third-order valence-corrected chi connectivity index (χ3v) is 5.94. The maximum atomic E-state index is 10.6. The number of methoxy groups -OCH3 is 1. The van der Waals surface area contributed by atoms with E-state index in [4.69, 9.17) is 14.6 Å². The van der Waals surface area contributed by atoms with E-state index in [1.165, 1.54) is 16.7 Å². The van der Waals surface area contributed by atoms with Crippen molar-refractivity contribution in [2.45, 2.75) is 31.1 Å². The summed E-state index contributed by atoms with van der Waals surface area (Å²) in [5, 5.41) is 8.73. The Labute approximate surface area is 173 Å². The standard InChI is InChI=1S/C24H31NO4/c1-25-14-12-24(13-15-25,20-6-4-3-5-7-20)21-18-19(8-9-22(21)28-2)10-16-29-17-11-23(26)27/h3-9,18H,10-17H2,1-2H3,(H,26,27). The lowest BCUT2D eigenvalue weighted by Gasteiger charge is -2.42. The first-order valence-electron chi connectivity index (χ1n) is 10.3. The fraction of sp³-hybridized carbons (Fsp3) is 0.458. The molecule has 0 bridgehead atoms. The molecule has 1 aliphatic rings. The summed E-state index contributed by atoms with van der Waals surface area (Å²) in [7, 11) is 3.91. The molecule has 1 N–H and O–H groups in total. The molecule has 0 aliphatic carbocycles. The molecule has 29 heavy (non-hydrogen) atoms. The molecule has 0 aromatic heterocycles. The molecule has 0 amide bonds. The van der Waals surface area contributed by atoms with Crippen LogP contribution in [0.3, 0.4) is 0 Å². The summed E-state index contributed by atoms with van der Waals surface area (Å²) in [6.45, 7) is 2.85. The Hall–Kier alpha value is -2.37. The van der Waals surface area contributed by atoms with Crippen LogP contribution >= 0.6 is 0 Å². The van der Waals surface area contributed by atoms with Crippen LogP contribution in [0.25, 0.3) is 0 Å². The second-order valence-electron chi connectivity index (χ2n) is 7.79. The molecule has 5 nitrogen and oxygen atoms in total. The molecular weight excluding hydrogens is 366 g/mol. The van der Waals surface area contributed by atoms with E-state index < -0.39 is 5.97 Å². The highest BCUT2D eigenvalue weighted by atomic mass is 16.5. The van der Waals surface area contributed by atoms with E-state index in [0.717, 1.165) is 38.1 Å². The van der Waals surface area contributed by atoms with Crippen molar-refractivity contribution in [3.05, 3.63) is 65.2 Å². The van der Waals surface area contributed by atoms with Crippen molar-refractivity contribution in [3.8, 4) is 5.75 Å². The smallest absolute Gasteiger partial charge is 0.305 e. The normalized spacial score (nSPS) is 16.5. The number of benzene rings is 2. The molecule has 1 aliphatic heterocycles. The highest BCUT2D eigenvalue weighted by Crippen LogP contribution is 2.45. The Morgan fingerprint density at radius 2 is 1.83 bits per heavy atom. The molecule has 0 saturated carbocycles. The van der Waals surface area contributed by atoms with Crippen LogP contribution in [-0.2, 0) is 21.4 Å². The average molecular weight is 398 g/mol. The van der Waals surface area contributed by atoms with Gasteiger partial charge < -0.3 is 19.5 Å². The minimum atomic E-state index is -0.830. The van der Waals surface area contributed by atoms with Crippen LogP contribution in [0.2, 0.25) is 0 Å². The van der Waals surface area contributed by atoms with Gasteiger partial charge in [0.1, 0.15) is 5.75 Å². The molecule has 0 atom stereocenters. The first kappa shape index (κ1) is 21.3. The van der Waals surface area contributed by atoms with Gasteiger partial charge in [-0.15, -0.1) is 0 Å². The maximum Gasteiger partial charge on any atom is 0.305 e. The third-order valence-electron chi connectivity index (χ3n) is 5.94. The molecule has 3 rings (SSSR count). The largest absolute Gasteiger partial charge is 0.496 e. The number of hydrogen-bond donors (Lipinski definition) is 1. The van der Waals surface area contributed by atoms with Crippen LogP contribution in [0.4, 0.5) is 0 Å². The minimum absolute atomic E-state index is 0.0402. The fourth-order valence-corrected chi connectivity index (χ4v) is 4.21. The highest BCUT2D eigenvalue weighted by Gasteiger charge is 2.39. The Bertz CT molecular complexity index is 798. The number of rotatable bonds is 9. The van der Waals surface area contributed by atoms with Gasteiger partial charge in [0.05, 0.1) is 26.7 Å². The first-order valence-corrected chi connectivity index (χ1v) is 10.3. The zero-order valence-corrected chi connectivity index (χ0v) is 17.4. The van der Waals surface area contributed by atoms with Gasteiger partial charge in [-0.05, 0) is 56.6 Å². The van der Waals surface area contributed by atoms with Crippen molar-refractivity contribution in [1.82, 2.24) is 4.90 Å². The van der Waals surface area contributed by atoms with Gasteiger partial charge in [0.2, 0.25) is 0 Å². The van der Waals surface area contributed by atoms with Crippen LogP contribution in [0.5, 0.6) is 5.75 Å². The Morgan fingerprint density at radius 1 is 1.10 bits per heavy atom. The van der Waals surface area contributed by atoms with Gasteiger partial charge >= 0.3 is 5.97 Å². The number of piperidine rings is 1. The molecule has 1 fully saturated rings. The van der Waals surface area contributed by atoms with Crippen LogP contribution in [0, 0.1) is 0 Å². The average Bonchev–Trinajstić information content (AvgIpc) is 2.74. The molecule has 0 spiro atoms. The number of carboxylic acids is 1. The van der Waals surface area contributed by atoms with E-state index in [9.17, 15) is 4.79 Å². The van der Waals surface area contributed by atoms with Gasteiger partial charge in [0.15, 0.2) is 0 Å². The Morgan fingerprint density at radius 3 is 2.48 bits per heavy atom. The topological polar surface area (TPSA) is 59.0 Å². The van der Waals surface area contributed by atoms with Crippen molar-refractivity contribution < 1.29 is 19.4 Å². The highest BCUT2D eigenvalue weighted by molar-refractivity contribution is 5.66. The monoisotopic (exact) mass is 397 g/mol. The van der Waals surface area contributed by atoms with Crippen molar-refractivity contribution in [1.29, 1.82) is 0 Å².